The Morgan fingerprint density at radius 3 is 2.64 bits per heavy atom. The molecule has 11 heavy (non-hydrogen) atoms. The average molecular weight is 150 g/mol. The molecule has 0 saturated heterocycles. The predicted octanol–water partition coefficient (Wildman–Crippen LogP) is -0.400. The van der Waals surface area contributed by atoms with E-state index in [0.29, 0.717) is 5.82 Å². The van der Waals surface area contributed by atoms with Crippen LogP contribution in [0.2, 0.25) is 5.82 Å². The van der Waals surface area contributed by atoms with Gasteiger partial charge in [0.15, 0.2) is 0 Å². The van der Waals surface area contributed by atoms with Crippen molar-refractivity contribution in [1.82, 2.24) is 5.32 Å². The van der Waals surface area contributed by atoms with Crippen molar-refractivity contribution in [3.8, 4) is 6.07 Å². The summed E-state index contributed by atoms with van der Waals surface area (Å²) in [5.41, 5.74) is -0.550. The monoisotopic (exact) mass is 150 g/mol. The van der Waals surface area contributed by atoms with Crippen molar-refractivity contribution in [2.75, 3.05) is 0 Å². The zero-order valence-electron chi connectivity index (χ0n) is 6.85. The van der Waals surface area contributed by atoms with Crippen molar-refractivity contribution in [3.63, 3.8) is 0 Å². The summed E-state index contributed by atoms with van der Waals surface area (Å²) in [5.74, 6) is 0.189. The summed E-state index contributed by atoms with van der Waals surface area (Å²) in [4.78, 5) is 10.7. The number of amides is 1. The van der Waals surface area contributed by atoms with Crippen LogP contribution in [0.15, 0.2) is 0 Å². The maximum absolute atomic E-state index is 10.7. The number of nitriles is 1. The summed E-state index contributed by atoms with van der Waals surface area (Å²) in [6.45, 7) is 1.45. The Kier molecular flexibility index (Phi) is 1.90. The number of rotatable bonds is 1. The Morgan fingerprint density at radius 1 is 1.91 bits per heavy atom. The Balaban J connectivity index is 2.64. The van der Waals surface area contributed by atoms with Crippen LogP contribution in [0.4, 0.5) is 0 Å². The summed E-state index contributed by atoms with van der Waals surface area (Å²) < 4.78 is 0. The van der Waals surface area contributed by atoms with Gasteiger partial charge >= 0.3 is 0 Å². The van der Waals surface area contributed by atoms with E-state index in [4.69, 9.17) is 5.26 Å². The van der Waals surface area contributed by atoms with Gasteiger partial charge < -0.3 is 5.32 Å². The van der Waals surface area contributed by atoms with Crippen LogP contribution in [0.1, 0.15) is 19.8 Å². The van der Waals surface area contributed by atoms with Crippen LogP contribution in [0, 0.1) is 11.3 Å². The van der Waals surface area contributed by atoms with Gasteiger partial charge in [-0.15, -0.1) is 0 Å². The molecular weight excluding hydrogens is 139 g/mol. The van der Waals surface area contributed by atoms with Gasteiger partial charge in [0, 0.05) is 6.92 Å². The Bertz CT molecular complexity index is 223. The van der Waals surface area contributed by atoms with Gasteiger partial charge in [0.05, 0.1) is 6.07 Å². The zero-order valence-corrected chi connectivity index (χ0v) is 6.85. The molecule has 4 heteroatoms. The third-order valence-electron chi connectivity index (χ3n) is 2.41. The number of carbonyl (C=O) groups excluding carboxylic acids is 1. The second kappa shape index (κ2) is 2.57. The molecule has 3 nitrogen and oxygen atoms in total. The van der Waals surface area contributed by atoms with E-state index in [2.05, 4.69) is 11.4 Å². The normalized spacial score (nSPS) is 35.1. The van der Waals surface area contributed by atoms with Crippen molar-refractivity contribution >= 4 is 13.8 Å². The smallest absolute Gasteiger partial charge is 0.218 e. The molecule has 0 aliphatic heterocycles. The van der Waals surface area contributed by atoms with Crippen molar-refractivity contribution in [2.45, 2.75) is 31.1 Å². The van der Waals surface area contributed by atoms with Crippen LogP contribution in [0.3, 0.4) is 0 Å². The first-order chi connectivity index (χ1) is 5.10. The number of carbonyl (C=O) groups is 1. The highest BCUT2D eigenvalue weighted by Gasteiger charge is 2.44. The SMILES string of the molecule is B[C@H]1CC[C@]1(C#N)NC(C)=O. The van der Waals surface area contributed by atoms with Crippen molar-refractivity contribution in [3.05, 3.63) is 0 Å². The molecule has 1 aliphatic rings. The zero-order chi connectivity index (χ0) is 8.48. The van der Waals surface area contributed by atoms with Crippen LogP contribution in [-0.4, -0.2) is 19.3 Å². The van der Waals surface area contributed by atoms with Crippen LogP contribution in [0.25, 0.3) is 0 Å². The first-order valence-electron chi connectivity index (χ1n) is 3.81. The molecule has 0 bridgehead atoms. The standard InChI is InChI=1S/C7H11BN2O/c1-5(11)10-7(4-9)3-2-6(7)8/h6H,2-3,8H2,1H3,(H,10,11)/t6-,7+/m0/s1. The van der Waals surface area contributed by atoms with Gasteiger partial charge in [-0.25, -0.2) is 0 Å². The van der Waals surface area contributed by atoms with Gasteiger partial charge in [0.2, 0.25) is 5.91 Å². The molecule has 1 aliphatic carbocycles. The van der Waals surface area contributed by atoms with Gasteiger partial charge in [-0.3, -0.25) is 4.79 Å². The first kappa shape index (κ1) is 8.12. The Hall–Kier alpha value is -0.975. The minimum atomic E-state index is -0.550. The fraction of sp³-hybridized carbons (Fsp3) is 0.714. The maximum Gasteiger partial charge on any atom is 0.218 e. The molecule has 0 heterocycles. The minimum absolute atomic E-state index is 0.113. The molecule has 1 N–H and O–H groups in total. The Morgan fingerprint density at radius 2 is 2.55 bits per heavy atom. The highest BCUT2D eigenvalue weighted by molar-refractivity contribution is 6.14. The van der Waals surface area contributed by atoms with Gasteiger partial charge in [-0.05, 0) is 12.2 Å². The number of nitrogens with zero attached hydrogens (tertiary/aromatic N) is 1. The Labute approximate surface area is 67.2 Å². The van der Waals surface area contributed by atoms with Crippen LogP contribution in [-0.2, 0) is 4.79 Å². The van der Waals surface area contributed by atoms with E-state index in [1.54, 1.807) is 0 Å². The molecule has 0 aromatic rings. The first-order valence-corrected chi connectivity index (χ1v) is 3.81. The second-order valence-electron chi connectivity index (χ2n) is 3.20. The quantitative estimate of drug-likeness (QED) is 0.517. The molecule has 2 atom stereocenters. The van der Waals surface area contributed by atoms with E-state index in [0.717, 1.165) is 12.8 Å². The molecule has 0 aromatic carbocycles. The molecule has 0 aromatic heterocycles. The fourth-order valence-corrected chi connectivity index (χ4v) is 1.42. The predicted molar refractivity (Wildman–Crippen MR) is 43.7 cm³/mol. The molecule has 1 saturated carbocycles. The van der Waals surface area contributed by atoms with Gasteiger partial charge in [0.1, 0.15) is 13.4 Å². The summed E-state index contributed by atoms with van der Waals surface area (Å²) in [6.07, 6.45) is 1.83. The molecule has 1 amide bonds. The van der Waals surface area contributed by atoms with Gasteiger partial charge in [-0.2, -0.15) is 5.26 Å². The molecule has 1 rings (SSSR count). The van der Waals surface area contributed by atoms with Crippen molar-refractivity contribution in [1.29, 1.82) is 5.26 Å². The minimum Gasteiger partial charge on any atom is -0.338 e. The highest BCUT2D eigenvalue weighted by Crippen LogP contribution is 2.40. The lowest BCUT2D eigenvalue weighted by atomic mass is 9.57. The van der Waals surface area contributed by atoms with E-state index in [1.807, 2.05) is 7.85 Å². The van der Waals surface area contributed by atoms with Gasteiger partial charge in [-0.1, -0.05) is 6.42 Å². The van der Waals surface area contributed by atoms with E-state index < -0.39 is 5.54 Å². The largest absolute Gasteiger partial charge is 0.338 e. The molecule has 0 spiro atoms. The van der Waals surface area contributed by atoms with E-state index >= 15 is 0 Å². The topological polar surface area (TPSA) is 52.9 Å². The molecule has 58 valence electrons. The van der Waals surface area contributed by atoms with Crippen LogP contribution >= 0.6 is 0 Å². The summed E-state index contributed by atoms with van der Waals surface area (Å²) >= 11 is 0. The third-order valence-corrected chi connectivity index (χ3v) is 2.41. The summed E-state index contributed by atoms with van der Waals surface area (Å²) in [7, 11) is 1.99. The molecule has 0 radical (unpaired) electrons. The second-order valence-corrected chi connectivity index (χ2v) is 3.20. The molecular formula is C7H11BN2O. The van der Waals surface area contributed by atoms with Crippen molar-refractivity contribution in [2.24, 2.45) is 0 Å². The molecule has 0 unspecified atom stereocenters. The van der Waals surface area contributed by atoms with Crippen LogP contribution in [0.5, 0.6) is 0 Å². The highest BCUT2D eigenvalue weighted by atomic mass is 16.1. The van der Waals surface area contributed by atoms with E-state index in [-0.39, 0.29) is 5.91 Å². The number of nitrogens with one attached hydrogen (secondary N) is 1. The van der Waals surface area contributed by atoms with Gasteiger partial charge in [0.25, 0.3) is 0 Å². The van der Waals surface area contributed by atoms with E-state index in [9.17, 15) is 4.79 Å². The maximum atomic E-state index is 10.7. The fourth-order valence-electron chi connectivity index (χ4n) is 1.42. The molecule has 1 fully saturated rings. The van der Waals surface area contributed by atoms with Crippen molar-refractivity contribution < 1.29 is 4.79 Å². The number of hydrogen-bond acceptors (Lipinski definition) is 2. The van der Waals surface area contributed by atoms with E-state index in [1.165, 1.54) is 6.92 Å². The third kappa shape index (κ3) is 1.23. The summed E-state index contributed by atoms with van der Waals surface area (Å²) in [6, 6.07) is 2.16. The average Bonchev–Trinajstić information content (AvgIpc) is 1.96. The lowest BCUT2D eigenvalue weighted by molar-refractivity contribution is -0.121. The number of hydrogen-bond donors (Lipinski definition) is 1. The summed E-state index contributed by atoms with van der Waals surface area (Å²) in [5, 5.41) is 11.5. The van der Waals surface area contributed by atoms with Crippen LogP contribution < -0.4 is 5.32 Å². The lowest BCUT2D eigenvalue weighted by Crippen LogP contribution is -2.55. The lowest BCUT2D eigenvalue weighted by Gasteiger charge is -2.42.